The Morgan fingerprint density at radius 1 is 1.10 bits per heavy atom. The van der Waals surface area contributed by atoms with Crippen LogP contribution in [0.5, 0.6) is 0 Å². The zero-order valence-electron chi connectivity index (χ0n) is 14.4. The van der Waals surface area contributed by atoms with E-state index in [-0.39, 0.29) is 0 Å². The first kappa shape index (κ1) is 16.5. The molecule has 2 heteroatoms. The highest BCUT2D eigenvalue weighted by atomic mass is 15.2. The molecule has 0 amide bonds. The normalized spacial score (nSPS) is 22.1. The van der Waals surface area contributed by atoms with E-state index >= 15 is 0 Å². The van der Waals surface area contributed by atoms with E-state index in [1.807, 2.05) is 0 Å². The van der Waals surface area contributed by atoms with E-state index in [1.165, 1.54) is 18.4 Å². The second kappa shape index (κ2) is 7.42. The number of nitrogens with one attached hydrogen (secondary N) is 1. The number of nitrogens with zero attached hydrogens (tertiary/aromatic N) is 1. The number of benzene rings is 1. The minimum absolute atomic E-state index is 0.632. The van der Waals surface area contributed by atoms with E-state index in [1.54, 1.807) is 5.56 Å². The van der Waals surface area contributed by atoms with Crippen molar-refractivity contribution in [2.24, 2.45) is 0 Å². The zero-order chi connectivity index (χ0) is 15.4. The van der Waals surface area contributed by atoms with E-state index in [4.69, 9.17) is 0 Å². The van der Waals surface area contributed by atoms with Crippen molar-refractivity contribution >= 4 is 0 Å². The van der Waals surface area contributed by atoms with Crippen LogP contribution in [-0.4, -0.2) is 36.1 Å². The lowest BCUT2D eigenvalue weighted by molar-refractivity contribution is 0.168. The molecule has 0 bridgehead atoms. The van der Waals surface area contributed by atoms with Gasteiger partial charge in [-0.05, 0) is 64.5 Å². The summed E-state index contributed by atoms with van der Waals surface area (Å²) < 4.78 is 0. The summed E-state index contributed by atoms with van der Waals surface area (Å²) in [7, 11) is 0. The minimum Gasteiger partial charge on any atom is -0.313 e. The number of hydrogen-bond acceptors (Lipinski definition) is 2. The van der Waals surface area contributed by atoms with Crippen molar-refractivity contribution < 1.29 is 0 Å². The maximum atomic E-state index is 3.74. The molecule has 1 N–H and O–H groups in total. The van der Waals surface area contributed by atoms with Crippen LogP contribution in [0.1, 0.15) is 57.6 Å². The van der Waals surface area contributed by atoms with Crippen molar-refractivity contribution in [3.63, 3.8) is 0 Å². The molecule has 0 aliphatic heterocycles. The molecule has 2 rings (SSSR count). The summed E-state index contributed by atoms with van der Waals surface area (Å²) in [4.78, 5) is 2.56. The Labute approximate surface area is 130 Å². The van der Waals surface area contributed by atoms with Crippen LogP contribution in [0.2, 0.25) is 0 Å². The monoisotopic (exact) mass is 288 g/mol. The summed E-state index contributed by atoms with van der Waals surface area (Å²) in [6.45, 7) is 13.7. The van der Waals surface area contributed by atoms with Crippen LogP contribution < -0.4 is 5.32 Å². The fraction of sp³-hybridized carbons (Fsp3) is 0.684. The van der Waals surface area contributed by atoms with Gasteiger partial charge >= 0.3 is 0 Å². The molecule has 0 atom stereocenters. The van der Waals surface area contributed by atoms with Crippen molar-refractivity contribution in [2.45, 2.75) is 71.5 Å². The summed E-state index contributed by atoms with van der Waals surface area (Å²) in [6, 6.07) is 10.8. The molecule has 0 unspecified atom stereocenters. The molecule has 1 saturated carbocycles. The first-order valence-electron chi connectivity index (χ1n) is 8.53. The third-order valence-electron chi connectivity index (χ3n) is 4.90. The molecule has 0 aromatic heterocycles. The molecule has 0 radical (unpaired) electrons. The standard InChI is InChI=1S/C19H32N2/c1-14(2)21(15(3)4)11-10-20-18-12-17(13-18)19-9-7-6-8-16(19)5/h6-9,14-15,17-18,20H,10-13H2,1-5H3. The Kier molecular flexibility index (Phi) is 5.83. The van der Waals surface area contributed by atoms with Gasteiger partial charge in [0.2, 0.25) is 0 Å². The highest BCUT2D eigenvalue weighted by Gasteiger charge is 2.30. The van der Waals surface area contributed by atoms with E-state index in [9.17, 15) is 0 Å². The van der Waals surface area contributed by atoms with Gasteiger partial charge in [-0.1, -0.05) is 24.3 Å². The lowest BCUT2D eigenvalue weighted by Gasteiger charge is -2.38. The molecule has 0 spiro atoms. The fourth-order valence-electron chi connectivity index (χ4n) is 3.59. The molecule has 21 heavy (non-hydrogen) atoms. The maximum Gasteiger partial charge on any atom is 0.0112 e. The molecular weight excluding hydrogens is 256 g/mol. The summed E-state index contributed by atoms with van der Waals surface area (Å²) in [5, 5.41) is 3.74. The third-order valence-corrected chi connectivity index (χ3v) is 4.90. The SMILES string of the molecule is Cc1ccccc1C1CC(NCCN(C(C)C)C(C)C)C1. The van der Waals surface area contributed by atoms with Gasteiger partial charge in [0.05, 0.1) is 0 Å². The highest BCUT2D eigenvalue weighted by molar-refractivity contribution is 5.31. The van der Waals surface area contributed by atoms with Crippen LogP contribution >= 0.6 is 0 Å². The van der Waals surface area contributed by atoms with Gasteiger partial charge in [-0.3, -0.25) is 4.90 Å². The van der Waals surface area contributed by atoms with E-state index < -0.39 is 0 Å². The molecule has 1 fully saturated rings. The predicted molar refractivity (Wildman–Crippen MR) is 91.9 cm³/mol. The molecule has 118 valence electrons. The van der Waals surface area contributed by atoms with Gasteiger partial charge in [0, 0.05) is 31.2 Å². The quantitative estimate of drug-likeness (QED) is 0.817. The van der Waals surface area contributed by atoms with Crippen molar-refractivity contribution in [1.29, 1.82) is 0 Å². The molecule has 1 aromatic rings. The molecule has 1 aromatic carbocycles. The Morgan fingerprint density at radius 2 is 1.71 bits per heavy atom. The van der Waals surface area contributed by atoms with Gasteiger partial charge in [-0.25, -0.2) is 0 Å². The van der Waals surface area contributed by atoms with Gasteiger partial charge in [-0.15, -0.1) is 0 Å². The summed E-state index contributed by atoms with van der Waals surface area (Å²) >= 11 is 0. The second-order valence-corrected chi connectivity index (χ2v) is 7.10. The van der Waals surface area contributed by atoms with Crippen LogP contribution in [0.15, 0.2) is 24.3 Å². The van der Waals surface area contributed by atoms with E-state index in [0.29, 0.717) is 12.1 Å². The first-order valence-corrected chi connectivity index (χ1v) is 8.53. The second-order valence-electron chi connectivity index (χ2n) is 7.10. The largest absolute Gasteiger partial charge is 0.313 e. The Bertz CT molecular complexity index is 425. The Hall–Kier alpha value is -0.860. The average molecular weight is 288 g/mol. The molecule has 0 saturated heterocycles. The Balaban J connectivity index is 1.70. The van der Waals surface area contributed by atoms with E-state index in [2.05, 4.69) is 69.1 Å². The summed E-state index contributed by atoms with van der Waals surface area (Å²) in [6.07, 6.45) is 2.60. The predicted octanol–water partition coefficient (Wildman–Crippen LogP) is 3.95. The van der Waals surface area contributed by atoms with Crippen LogP contribution in [0.3, 0.4) is 0 Å². The molecular formula is C19H32N2. The van der Waals surface area contributed by atoms with Gasteiger partial charge in [-0.2, -0.15) is 0 Å². The lowest BCUT2D eigenvalue weighted by atomic mass is 9.74. The minimum atomic E-state index is 0.632. The van der Waals surface area contributed by atoms with Gasteiger partial charge < -0.3 is 5.32 Å². The summed E-state index contributed by atoms with van der Waals surface area (Å²) in [5.74, 6) is 0.773. The van der Waals surface area contributed by atoms with Crippen molar-refractivity contribution in [3.05, 3.63) is 35.4 Å². The smallest absolute Gasteiger partial charge is 0.0112 e. The van der Waals surface area contributed by atoms with Crippen molar-refractivity contribution in [3.8, 4) is 0 Å². The van der Waals surface area contributed by atoms with E-state index in [0.717, 1.165) is 25.0 Å². The van der Waals surface area contributed by atoms with Crippen LogP contribution in [-0.2, 0) is 0 Å². The topological polar surface area (TPSA) is 15.3 Å². The average Bonchev–Trinajstić information content (AvgIpc) is 2.37. The number of rotatable bonds is 7. The van der Waals surface area contributed by atoms with Crippen LogP contribution in [0.25, 0.3) is 0 Å². The summed E-state index contributed by atoms with van der Waals surface area (Å²) in [5.41, 5.74) is 3.01. The fourth-order valence-corrected chi connectivity index (χ4v) is 3.59. The zero-order valence-corrected chi connectivity index (χ0v) is 14.4. The maximum absolute atomic E-state index is 3.74. The van der Waals surface area contributed by atoms with Gasteiger partial charge in [0.15, 0.2) is 0 Å². The third kappa shape index (κ3) is 4.31. The molecule has 2 nitrogen and oxygen atoms in total. The van der Waals surface area contributed by atoms with Gasteiger partial charge in [0.1, 0.15) is 0 Å². The number of aryl methyl sites for hydroxylation is 1. The first-order chi connectivity index (χ1) is 9.99. The molecule has 0 heterocycles. The number of hydrogen-bond donors (Lipinski definition) is 1. The molecule has 1 aliphatic carbocycles. The highest BCUT2D eigenvalue weighted by Crippen LogP contribution is 2.38. The van der Waals surface area contributed by atoms with Crippen molar-refractivity contribution in [1.82, 2.24) is 10.2 Å². The van der Waals surface area contributed by atoms with Crippen LogP contribution in [0, 0.1) is 6.92 Å². The molecule has 1 aliphatic rings. The Morgan fingerprint density at radius 3 is 2.29 bits per heavy atom. The van der Waals surface area contributed by atoms with Crippen LogP contribution in [0.4, 0.5) is 0 Å². The van der Waals surface area contributed by atoms with Gasteiger partial charge in [0.25, 0.3) is 0 Å². The lowest BCUT2D eigenvalue weighted by Crippen LogP contribution is -2.46. The van der Waals surface area contributed by atoms with Crippen molar-refractivity contribution in [2.75, 3.05) is 13.1 Å².